The van der Waals surface area contributed by atoms with Crippen LogP contribution in [0.15, 0.2) is 72.8 Å². The molecule has 0 spiro atoms. The molecular formula is C86H90N4O12. The van der Waals surface area contributed by atoms with Crippen molar-refractivity contribution in [1.29, 1.82) is 0 Å². The summed E-state index contributed by atoms with van der Waals surface area (Å²) in [5.41, 5.74) is -0.0265. The minimum Gasteiger partial charge on any atom is -0.485 e. The van der Waals surface area contributed by atoms with Crippen LogP contribution in [0.25, 0.3) is 86.2 Å². The Kier molecular flexibility index (Phi) is 16.8. The first-order valence-corrected chi connectivity index (χ1v) is 36.6. The van der Waals surface area contributed by atoms with E-state index in [2.05, 4.69) is 11.8 Å². The first-order chi connectivity index (χ1) is 48.3. The van der Waals surface area contributed by atoms with Crippen LogP contribution in [0.4, 0.5) is 0 Å². The Hall–Kier alpha value is -9.56. The number of benzene rings is 10. The number of rotatable bonds is 20. The molecule has 0 aliphatic carbocycles. The van der Waals surface area contributed by atoms with Crippen molar-refractivity contribution < 1.29 is 57.3 Å². The summed E-state index contributed by atoms with van der Waals surface area (Å²) in [7, 11) is 0. The number of hydrogen-bond acceptors (Lipinski definition) is 12. The van der Waals surface area contributed by atoms with Crippen LogP contribution in [0.1, 0.15) is 270 Å². The van der Waals surface area contributed by atoms with Crippen molar-refractivity contribution in [2.75, 3.05) is 13.2 Å². The minimum atomic E-state index is -1.01. The molecule has 0 aromatic heterocycles. The summed E-state index contributed by atoms with van der Waals surface area (Å²) in [6.45, 7) is 35.4. The van der Waals surface area contributed by atoms with Crippen LogP contribution in [0, 0.1) is 11.8 Å². The van der Waals surface area contributed by atoms with E-state index in [1.807, 2.05) is 149 Å². The van der Waals surface area contributed by atoms with Gasteiger partial charge in [0.05, 0.1) is 35.5 Å². The lowest BCUT2D eigenvalue weighted by Gasteiger charge is -2.36. The van der Waals surface area contributed by atoms with Crippen LogP contribution in [0.5, 0.6) is 11.5 Å². The summed E-state index contributed by atoms with van der Waals surface area (Å²) < 4.78 is 27.2. The Balaban J connectivity index is 1.15. The predicted octanol–water partition coefficient (Wildman–Crippen LogP) is 18.3. The molecule has 0 radical (unpaired) electrons. The Morgan fingerprint density at radius 3 is 0.765 bits per heavy atom. The number of imide groups is 4. The molecule has 10 aromatic carbocycles. The molecule has 102 heavy (non-hydrogen) atoms. The maximum atomic E-state index is 15.8. The van der Waals surface area contributed by atoms with Crippen LogP contribution in [0.2, 0.25) is 0 Å². The van der Waals surface area contributed by atoms with Gasteiger partial charge in [0.15, 0.2) is 0 Å². The number of carbonyl (C=O) groups excluding carboxylic acids is 8. The number of amides is 8. The molecular weight excluding hydrogens is 1280 g/mol. The van der Waals surface area contributed by atoms with E-state index in [1.54, 1.807) is 48.5 Å². The first-order valence-electron chi connectivity index (χ1n) is 36.6. The summed E-state index contributed by atoms with van der Waals surface area (Å²) in [6, 6.07) is 19.9. The molecule has 4 aliphatic heterocycles. The third-order valence-electron chi connectivity index (χ3n) is 21.8. The number of nitrogens with zero attached hydrogens (tertiary/aromatic N) is 4. The summed E-state index contributed by atoms with van der Waals surface area (Å²) in [5.74, 6) is 4.34. The Bertz CT molecular complexity index is 5090. The zero-order valence-corrected chi connectivity index (χ0v) is 62.0. The molecule has 0 saturated heterocycles. The molecule has 526 valence electrons. The Morgan fingerprint density at radius 2 is 0.520 bits per heavy atom. The highest BCUT2D eigenvalue weighted by Gasteiger charge is 2.45. The number of fused-ring (bicyclic) bond motifs is 4. The zero-order valence-electron chi connectivity index (χ0n) is 62.0. The van der Waals surface area contributed by atoms with E-state index < -0.39 is 93.8 Å². The monoisotopic (exact) mass is 1370 g/mol. The maximum absolute atomic E-state index is 15.8. The van der Waals surface area contributed by atoms with Crippen LogP contribution in [-0.2, 0) is 9.47 Å². The SMILES string of the molecule is CCC(CC)N1C(=O)c2ccc3c4c(OC(C)(C)COC(C)(C)C)cc5c6c(ccc(c7c(C#Cc8cc9c%10c(ccc%11c%12c(OC(C)(C)COC(C)(C)C)cc%13c%14c(ccc(c8c%10%11)c%14%12)C(=O)N(C(CC)CC)C%13=O)C(=O)N(C(CC)CC)C9=O)cc(c2c37)C1=O)c64)C(=O)N(C(CC)CC)C5=O. The van der Waals surface area contributed by atoms with E-state index in [0.29, 0.717) is 182 Å². The molecule has 16 nitrogen and oxygen atoms in total. The van der Waals surface area contributed by atoms with Gasteiger partial charge in [-0.1, -0.05) is 91.5 Å². The van der Waals surface area contributed by atoms with Crippen LogP contribution >= 0.6 is 0 Å². The molecule has 10 aromatic rings. The molecule has 0 fully saturated rings. The van der Waals surface area contributed by atoms with Gasteiger partial charge in [-0.25, -0.2) is 0 Å². The fourth-order valence-corrected chi connectivity index (χ4v) is 16.8. The zero-order chi connectivity index (χ0) is 73.2. The molecule has 4 heterocycles. The van der Waals surface area contributed by atoms with Gasteiger partial charge in [0.1, 0.15) is 22.7 Å². The van der Waals surface area contributed by atoms with E-state index in [0.717, 1.165) is 0 Å². The van der Waals surface area contributed by atoms with Gasteiger partial charge >= 0.3 is 0 Å². The summed E-state index contributed by atoms with van der Waals surface area (Å²) in [6.07, 6.45) is 4.13. The maximum Gasteiger partial charge on any atom is 0.261 e. The average Bonchev–Trinajstić information content (AvgIpc) is 0.685. The van der Waals surface area contributed by atoms with Crippen molar-refractivity contribution in [3.05, 3.63) is 128 Å². The van der Waals surface area contributed by atoms with Gasteiger partial charge in [-0.05, 0) is 191 Å². The van der Waals surface area contributed by atoms with Gasteiger partial charge in [-0.2, -0.15) is 0 Å². The van der Waals surface area contributed by atoms with Crippen molar-refractivity contribution >= 4 is 133 Å². The lowest BCUT2D eigenvalue weighted by atomic mass is 9.79. The number of hydrogen-bond donors (Lipinski definition) is 0. The standard InChI is InChI=1S/C86H90N4O12/c1-19-45(20-2)87-75(91)53-35-31-51-69-61(101-85(15,16)41-99-83(9,10)11)39-59-67-55(77(93)89(81(59)97)47(23-5)24-6)33-29-49(73(67)69)63-43(37-57(79(87)95)65(53)71(51)63)27-28-44-38-58-66-54(76(92)88(80(58)96)46(21-3)22-4)36-32-52-70-62(102-86(17,18)42-100-84(12,13)14)40-60-68-56(34-30-50(74(68)70)64(44)72(52)66)78(94)90(82(60)98)48(25-7)26-8/h29-40,45-48H,19-26,41-42H2,1-18H3. The third kappa shape index (κ3) is 10.4. The lowest BCUT2D eigenvalue weighted by Crippen LogP contribution is -2.46. The van der Waals surface area contributed by atoms with Crippen LogP contribution in [0.3, 0.4) is 0 Å². The predicted molar refractivity (Wildman–Crippen MR) is 402 cm³/mol. The fraction of sp³-hybridized carbons (Fsp3) is 0.419. The highest BCUT2D eigenvalue weighted by molar-refractivity contribution is 6.45. The number of carbonyl (C=O) groups is 8. The topological polar surface area (TPSA) is 186 Å². The highest BCUT2D eigenvalue weighted by atomic mass is 16.6. The second-order valence-electron chi connectivity index (χ2n) is 31.5. The van der Waals surface area contributed by atoms with Gasteiger partial charge in [0.25, 0.3) is 47.3 Å². The highest BCUT2D eigenvalue weighted by Crippen LogP contribution is 2.54. The summed E-state index contributed by atoms with van der Waals surface area (Å²) in [4.78, 5) is 129. The van der Waals surface area contributed by atoms with Gasteiger partial charge in [-0.15, -0.1) is 0 Å². The first kappa shape index (κ1) is 69.5. The molecule has 16 heteroatoms. The Morgan fingerprint density at radius 1 is 0.294 bits per heavy atom. The quantitative estimate of drug-likeness (QED) is 0.0305. The molecule has 8 amide bonds. The summed E-state index contributed by atoms with van der Waals surface area (Å²) in [5, 5.41) is 8.42. The van der Waals surface area contributed by atoms with Crippen LogP contribution in [-0.4, -0.2) is 127 Å². The van der Waals surface area contributed by atoms with E-state index in [1.165, 1.54) is 19.6 Å². The van der Waals surface area contributed by atoms with Gasteiger partial charge < -0.3 is 18.9 Å². The average molecular weight is 1370 g/mol. The molecule has 4 aliphatic rings. The molecule has 0 unspecified atom stereocenters. The van der Waals surface area contributed by atoms with E-state index in [-0.39, 0.29) is 35.5 Å². The fourth-order valence-electron chi connectivity index (χ4n) is 16.8. The largest absolute Gasteiger partial charge is 0.485 e. The van der Waals surface area contributed by atoms with Crippen LogP contribution < -0.4 is 9.47 Å². The Labute approximate surface area is 594 Å². The molecule has 0 bridgehead atoms. The minimum absolute atomic E-state index is 0.154. The van der Waals surface area contributed by atoms with Gasteiger partial charge in [0, 0.05) is 133 Å². The van der Waals surface area contributed by atoms with Gasteiger partial charge in [-0.3, -0.25) is 58.0 Å². The van der Waals surface area contributed by atoms with Crippen molar-refractivity contribution in [3.8, 4) is 23.3 Å². The smallest absolute Gasteiger partial charge is 0.261 e. The lowest BCUT2D eigenvalue weighted by molar-refractivity contribution is -0.0718. The normalized spacial score (nSPS) is 15.4. The van der Waals surface area contributed by atoms with E-state index in [9.17, 15) is 0 Å². The molecule has 0 atom stereocenters. The second kappa shape index (κ2) is 24.6. The molecule has 0 saturated carbocycles. The van der Waals surface area contributed by atoms with Crippen molar-refractivity contribution in [1.82, 2.24) is 19.6 Å². The van der Waals surface area contributed by atoms with E-state index >= 15 is 38.4 Å². The summed E-state index contributed by atoms with van der Waals surface area (Å²) >= 11 is 0. The number of ether oxygens (including phenoxy) is 4. The third-order valence-corrected chi connectivity index (χ3v) is 21.8. The molecule has 0 N–H and O–H groups in total. The van der Waals surface area contributed by atoms with Crippen molar-refractivity contribution in [2.45, 2.75) is 223 Å². The second-order valence-corrected chi connectivity index (χ2v) is 31.5. The van der Waals surface area contributed by atoms with Crippen molar-refractivity contribution in [3.63, 3.8) is 0 Å². The van der Waals surface area contributed by atoms with E-state index in [4.69, 9.17) is 18.9 Å². The van der Waals surface area contributed by atoms with Crippen molar-refractivity contribution in [2.24, 2.45) is 0 Å². The van der Waals surface area contributed by atoms with Gasteiger partial charge in [0.2, 0.25) is 0 Å². The molecule has 14 rings (SSSR count).